The zero-order valence-electron chi connectivity index (χ0n) is 13.6. The fraction of sp³-hybridized carbons (Fsp3) is 0.294. The van der Waals surface area contributed by atoms with Crippen LogP contribution in [0.5, 0.6) is 0 Å². The molecule has 0 saturated carbocycles. The van der Waals surface area contributed by atoms with Gasteiger partial charge in [-0.05, 0) is 6.07 Å². The maximum Gasteiger partial charge on any atom is 0.288 e. The van der Waals surface area contributed by atoms with Crippen molar-refractivity contribution in [3.63, 3.8) is 0 Å². The summed E-state index contributed by atoms with van der Waals surface area (Å²) in [7, 11) is 1.80. The van der Waals surface area contributed by atoms with Crippen LogP contribution in [-0.4, -0.2) is 57.3 Å². The van der Waals surface area contributed by atoms with Crippen molar-refractivity contribution in [3.05, 3.63) is 59.9 Å². The number of nitrogens with zero attached hydrogens (tertiary/aromatic N) is 5. The van der Waals surface area contributed by atoms with E-state index in [1.54, 1.807) is 35.3 Å². The maximum atomic E-state index is 14.0. The first-order valence-corrected chi connectivity index (χ1v) is 7.87. The molecule has 2 aliphatic rings. The van der Waals surface area contributed by atoms with E-state index in [0.717, 1.165) is 0 Å². The van der Waals surface area contributed by atoms with Crippen LogP contribution >= 0.6 is 0 Å². The third-order valence-corrected chi connectivity index (χ3v) is 4.41. The number of carbonyl (C=O) groups is 1. The number of benzene rings is 1. The molecule has 4 rings (SSSR count). The molecule has 1 spiro atoms. The largest absolute Gasteiger partial charge is 0.385 e. The summed E-state index contributed by atoms with van der Waals surface area (Å²) in [6.07, 6.45) is 4.85. The van der Waals surface area contributed by atoms with Crippen molar-refractivity contribution in [1.82, 2.24) is 20.0 Å². The standard InChI is InChI=1S/C17H16FN5O2/c1-22-10-17(11-23(22)16(24)15-9-19-6-7-20-15)8-14(21-25-17)12-4-2-3-5-13(12)18/h2-7,9H,8,10-11H2,1H3. The van der Waals surface area contributed by atoms with Crippen molar-refractivity contribution in [2.75, 3.05) is 20.1 Å². The minimum atomic E-state index is -0.676. The summed E-state index contributed by atoms with van der Waals surface area (Å²) in [6.45, 7) is 0.792. The van der Waals surface area contributed by atoms with E-state index < -0.39 is 5.60 Å². The SMILES string of the molecule is CN1CC2(CC(c3ccccc3F)=NO2)CN1C(=O)c1cnccn1. The molecule has 2 aromatic rings. The molecule has 1 unspecified atom stereocenters. The van der Waals surface area contributed by atoms with Gasteiger partial charge in [0.25, 0.3) is 5.91 Å². The van der Waals surface area contributed by atoms with Crippen molar-refractivity contribution in [2.24, 2.45) is 5.16 Å². The lowest BCUT2D eigenvalue weighted by Crippen LogP contribution is -2.39. The minimum Gasteiger partial charge on any atom is -0.385 e. The molecule has 1 atom stereocenters. The number of carbonyl (C=O) groups excluding carboxylic acids is 1. The summed E-state index contributed by atoms with van der Waals surface area (Å²) in [4.78, 5) is 26.3. The monoisotopic (exact) mass is 341 g/mol. The van der Waals surface area contributed by atoms with E-state index in [1.165, 1.54) is 24.7 Å². The molecule has 2 aliphatic heterocycles. The topological polar surface area (TPSA) is 70.9 Å². The Balaban J connectivity index is 1.53. The summed E-state index contributed by atoms with van der Waals surface area (Å²) in [5.74, 6) is -0.587. The Labute approximate surface area is 143 Å². The number of oxime groups is 1. The van der Waals surface area contributed by atoms with Gasteiger partial charge in [0.05, 0.1) is 25.0 Å². The van der Waals surface area contributed by atoms with Crippen LogP contribution in [0.1, 0.15) is 22.5 Å². The molecule has 0 bridgehead atoms. The molecule has 1 aromatic heterocycles. The van der Waals surface area contributed by atoms with Crippen molar-refractivity contribution in [3.8, 4) is 0 Å². The van der Waals surface area contributed by atoms with Crippen molar-refractivity contribution in [2.45, 2.75) is 12.0 Å². The summed E-state index contributed by atoms with van der Waals surface area (Å²) in [6, 6.07) is 6.47. The summed E-state index contributed by atoms with van der Waals surface area (Å²) in [5.41, 5.74) is 0.574. The van der Waals surface area contributed by atoms with Crippen LogP contribution in [0.3, 0.4) is 0 Å². The Hall–Kier alpha value is -2.87. The molecule has 0 aliphatic carbocycles. The van der Waals surface area contributed by atoms with E-state index in [2.05, 4.69) is 15.1 Å². The van der Waals surface area contributed by atoms with Crippen LogP contribution in [0.15, 0.2) is 48.0 Å². The van der Waals surface area contributed by atoms with Crippen molar-refractivity contribution >= 4 is 11.6 Å². The predicted molar refractivity (Wildman–Crippen MR) is 87.1 cm³/mol. The number of hydrazine groups is 1. The van der Waals surface area contributed by atoms with Gasteiger partial charge >= 0.3 is 0 Å². The second-order valence-electron chi connectivity index (χ2n) is 6.24. The molecule has 128 valence electrons. The lowest BCUT2D eigenvalue weighted by Gasteiger charge is -2.22. The molecule has 7 nitrogen and oxygen atoms in total. The van der Waals surface area contributed by atoms with Gasteiger partial charge in [0.2, 0.25) is 0 Å². The molecular weight excluding hydrogens is 325 g/mol. The molecule has 1 saturated heterocycles. The quantitative estimate of drug-likeness (QED) is 0.827. The first kappa shape index (κ1) is 15.6. The zero-order chi connectivity index (χ0) is 17.4. The van der Waals surface area contributed by atoms with E-state index >= 15 is 0 Å². The van der Waals surface area contributed by atoms with Crippen LogP contribution < -0.4 is 0 Å². The second kappa shape index (κ2) is 5.89. The van der Waals surface area contributed by atoms with Crippen LogP contribution in [0.25, 0.3) is 0 Å². The van der Waals surface area contributed by atoms with Crippen LogP contribution in [0.2, 0.25) is 0 Å². The summed E-state index contributed by atoms with van der Waals surface area (Å²) in [5, 5.41) is 7.42. The van der Waals surface area contributed by atoms with Crippen molar-refractivity contribution in [1.29, 1.82) is 0 Å². The van der Waals surface area contributed by atoms with Gasteiger partial charge in [0, 0.05) is 31.4 Å². The van der Waals surface area contributed by atoms with Gasteiger partial charge in [0.15, 0.2) is 5.60 Å². The van der Waals surface area contributed by atoms with Gasteiger partial charge in [-0.15, -0.1) is 0 Å². The molecule has 3 heterocycles. The highest BCUT2D eigenvalue weighted by Gasteiger charge is 2.50. The molecule has 1 amide bonds. The van der Waals surface area contributed by atoms with Crippen LogP contribution in [0.4, 0.5) is 4.39 Å². The first-order valence-electron chi connectivity index (χ1n) is 7.87. The van der Waals surface area contributed by atoms with E-state index in [9.17, 15) is 9.18 Å². The third kappa shape index (κ3) is 2.74. The fourth-order valence-corrected chi connectivity index (χ4v) is 3.25. The third-order valence-electron chi connectivity index (χ3n) is 4.41. The molecule has 8 heteroatoms. The van der Waals surface area contributed by atoms with Gasteiger partial charge in [-0.2, -0.15) is 0 Å². The second-order valence-corrected chi connectivity index (χ2v) is 6.24. The number of hydrogen-bond acceptors (Lipinski definition) is 6. The van der Waals surface area contributed by atoms with Crippen molar-refractivity contribution < 1.29 is 14.0 Å². The Kier molecular flexibility index (Phi) is 3.69. The number of halogens is 1. The smallest absolute Gasteiger partial charge is 0.288 e. The normalized spacial score (nSPS) is 23.0. The Morgan fingerprint density at radius 3 is 2.88 bits per heavy atom. The van der Waals surface area contributed by atoms with Gasteiger partial charge in [0.1, 0.15) is 11.5 Å². The van der Waals surface area contributed by atoms with E-state index in [0.29, 0.717) is 30.8 Å². The van der Waals surface area contributed by atoms with Crippen LogP contribution in [0, 0.1) is 5.82 Å². The molecule has 0 radical (unpaired) electrons. The summed E-state index contributed by atoms with van der Waals surface area (Å²) >= 11 is 0. The lowest BCUT2D eigenvalue weighted by molar-refractivity contribution is -0.000944. The summed E-state index contributed by atoms with van der Waals surface area (Å²) < 4.78 is 14.0. The number of amides is 1. The van der Waals surface area contributed by atoms with E-state index in [1.807, 2.05) is 0 Å². The van der Waals surface area contributed by atoms with Crippen LogP contribution in [-0.2, 0) is 4.84 Å². The minimum absolute atomic E-state index is 0.254. The van der Waals surface area contributed by atoms with Gasteiger partial charge in [-0.1, -0.05) is 23.4 Å². The average Bonchev–Trinajstić information content (AvgIpc) is 3.18. The van der Waals surface area contributed by atoms with Gasteiger partial charge < -0.3 is 4.84 Å². The zero-order valence-corrected chi connectivity index (χ0v) is 13.6. The van der Waals surface area contributed by atoms with Gasteiger partial charge in [-0.25, -0.2) is 14.4 Å². The first-order chi connectivity index (χ1) is 12.1. The number of rotatable bonds is 2. The highest BCUT2D eigenvalue weighted by atomic mass is 19.1. The molecule has 1 aromatic carbocycles. The van der Waals surface area contributed by atoms with Gasteiger partial charge in [-0.3, -0.25) is 14.8 Å². The highest BCUT2D eigenvalue weighted by molar-refractivity contribution is 6.02. The molecular formula is C17H16FN5O2. The Morgan fingerprint density at radius 1 is 1.28 bits per heavy atom. The number of aromatic nitrogens is 2. The van der Waals surface area contributed by atoms with E-state index in [-0.39, 0.29) is 17.4 Å². The lowest BCUT2D eigenvalue weighted by atomic mass is 9.94. The van der Waals surface area contributed by atoms with E-state index in [4.69, 9.17) is 4.84 Å². The predicted octanol–water partition coefficient (Wildman–Crippen LogP) is 1.48. The Morgan fingerprint density at radius 2 is 2.12 bits per heavy atom. The maximum absolute atomic E-state index is 14.0. The number of likely N-dealkylation sites (N-methyl/N-ethyl adjacent to an activating group) is 1. The number of hydrogen-bond donors (Lipinski definition) is 0. The molecule has 0 N–H and O–H groups in total. The fourth-order valence-electron chi connectivity index (χ4n) is 3.25. The molecule has 1 fully saturated rings. The molecule has 25 heavy (non-hydrogen) atoms. The highest BCUT2D eigenvalue weighted by Crippen LogP contribution is 2.34. The Bertz CT molecular complexity index is 844. The average molecular weight is 341 g/mol.